The van der Waals surface area contributed by atoms with E-state index >= 15 is 0 Å². The number of tetrazole rings is 1. The second kappa shape index (κ2) is 8.93. The first-order chi connectivity index (χ1) is 13.8. The summed E-state index contributed by atoms with van der Waals surface area (Å²) in [7, 11) is 1.70. The molecule has 1 fully saturated rings. The number of anilines is 1. The first-order valence-electron chi connectivity index (χ1n) is 9.89. The Morgan fingerprint density at radius 2 is 2.00 bits per heavy atom. The lowest BCUT2D eigenvalue weighted by Crippen LogP contribution is -2.48. The third kappa shape index (κ3) is 4.01. The highest BCUT2D eigenvalue weighted by molar-refractivity contribution is 7.22. The fourth-order valence-corrected chi connectivity index (χ4v) is 4.77. The molecule has 28 heavy (non-hydrogen) atoms. The molecule has 3 heterocycles. The molecule has 150 valence electrons. The summed E-state index contributed by atoms with van der Waals surface area (Å²) in [6, 6.07) is 8.60. The Bertz CT molecular complexity index is 854. The number of aromatic nitrogens is 5. The molecule has 0 N–H and O–H groups in total. The van der Waals surface area contributed by atoms with Gasteiger partial charge in [-0.05, 0) is 29.0 Å². The summed E-state index contributed by atoms with van der Waals surface area (Å²) < 4.78 is 8.34. The van der Waals surface area contributed by atoms with Crippen molar-refractivity contribution in [3.63, 3.8) is 0 Å². The molecule has 1 aliphatic heterocycles. The Kier molecular flexibility index (Phi) is 6.13. The fourth-order valence-electron chi connectivity index (χ4n) is 3.76. The number of piperazine rings is 1. The molecule has 8 nitrogen and oxygen atoms in total. The van der Waals surface area contributed by atoms with Crippen LogP contribution in [0.15, 0.2) is 24.3 Å². The molecular formula is C19H27N7OS. The summed E-state index contributed by atoms with van der Waals surface area (Å²) in [6.45, 7) is 7.43. The minimum absolute atomic E-state index is 0.245. The van der Waals surface area contributed by atoms with Crippen molar-refractivity contribution >= 4 is 26.7 Å². The fraction of sp³-hybridized carbons (Fsp3) is 0.579. The van der Waals surface area contributed by atoms with Crippen LogP contribution in [0.1, 0.15) is 31.6 Å². The SMILES string of the molecule is CCC[C@@H](c1nnnn1CCOC)N1CCN(c2nc3ccccc3s2)CC1. The largest absolute Gasteiger partial charge is 0.383 e. The van der Waals surface area contributed by atoms with Gasteiger partial charge in [-0.15, -0.1) is 5.10 Å². The zero-order valence-electron chi connectivity index (χ0n) is 16.5. The van der Waals surface area contributed by atoms with E-state index in [1.54, 1.807) is 18.4 Å². The summed E-state index contributed by atoms with van der Waals surface area (Å²) in [4.78, 5) is 9.73. The molecule has 0 bridgehead atoms. The summed E-state index contributed by atoms with van der Waals surface area (Å²) in [6.07, 6.45) is 2.15. The molecule has 1 aliphatic rings. The first-order valence-corrected chi connectivity index (χ1v) is 10.7. The van der Waals surface area contributed by atoms with Gasteiger partial charge in [-0.3, -0.25) is 4.90 Å². The zero-order chi connectivity index (χ0) is 19.3. The van der Waals surface area contributed by atoms with Crippen molar-refractivity contribution in [3.05, 3.63) is 30.1 Å². The average Bonchev–Trinajstić information content (AvgIpc) is 3.37. The smallest absolute Gasteiger partial charge is 0.186 e. The number of fused-ring (bicyclic) bond motifs is 1. The normalized spacial score (nSPS) is 16.7. The van der Waals surface area contributed by atoms with Crippen molar-refractivity contribution in [3.8, 4) is 0 Å². The van der Waals surface area contributed by atoms with E-state index in [1.165, 1.54) is 4.70 Å². The number of benzene rings is 1. The molecule has 4 rings (SSSR count). The summed E-state index contributed by atoms with van der Waals surface area (Å²) in [5, 5.41) is 13.6. The molecule has 0 aliphatic carbocycles. The number of ether oxygens (including phenoxy) is 1. The Hall–Kier alpha value is -2.10. The van der Waals surface area contributed by atoms with Crippen molar-refractivity contribution < 1.29 is 4.74 Å². The third-order valence-electron chi connectivity index (χ3n) is 5.24. The maximum Gasteiger partial charge on any atom is 0.186 e. The van der Waals surface area contributed by atoms with Crippen molar-refractivity contribution in [2.45, 2.75) is 32.4 Å². The number of rotatable bonds is 8. The van der Waals surface area contributed by atoms with Gasteiger partial charge in [0, 0.05) is 33.3 Å². The van der Waals surface area contributed by atoms with E-state index in [9.17, 15) is 0 Å². The van der Waals surface area contributed by atoms with Crippen LogP contribution in [0.4, 0.5) is 5.13 Å². The predicted octanol–water partition coefficient (Wildman–Crippen LogP) is 2.59. The predicted molar refractivity (Wildman–Crippen MR) is 111 cm³/mol. The van der Waals surface area contributed by atoms with Crippen LogP contribution in [0.25, 0.3) is 10.2 Å². The molecule has 2 aromatic heterocycles. The van der Waals surface area contributed by atoms with Crippen molar-refractivity contribution in [1.29, 1.82) is 0 Å². The van der Waals surface area contributed by atoms with Gasteiger partial charge in [0.05, 0.1) is 29.4 Å². The third-order valence-corrected chi connectivity index (χ3v) is 6.33. The average molecular weight is 402 g/mol. The molecule has 0 spiro atoms. The highest BCUT2D eigenvalue weighted by Crippen LogP contribution is 2.31. The topological polar surface area (TPSA) is 72.2 Å². The van der Waals surface area contributed by atoms with Crippen LogP contribution in [0.5, 0.6) is 0 Å². The number of para-hydroxylation sites is 1. The van der Waals surface area contributed by atoms with E-state index in [0.29, 0.717) is 13.2 Å². The number of nitrogens with zero attached hydrogens (tertiary/aromatic N) is 7. The Balaban J connectivity index is 1.45. The van der Waals surface area contributed by atoms with Gasteiger partial charge in [0.15, 0.2) is 11.0 Å². The van der Waals surface area contributed by atoms with Crippen molar-refractivity contribution in [2.75, 3.05) is 44.8 Å². The van der Waals surface area contributed by atoms with Gasteiger partial charge in [0.1, 0.15) is 0 Å². The maximum atomic E-state index is 5.20. The van der Waals surface area contributed by atoms with E-state index in [4.69, 9.17) is 9.72 Å². The lowest BCUT2D eigenvalue weighted by molar-refractivity contribution is 0.153. The number of hydrogen-bond acceptors (Lipinski definition) is 8. The zero-order valence-corrected chi connectivity index (χ0v) is 17.3. The van der Waals surface area contributed by atoms with Crippen LogP contribution in [0.2, 0.25) is 0 Å². The highest BCUT2D eigenvalue weighted by Gasteiger charge is 2.29. The van der Waals surface area contributed by atoms with E-state index in [-0.39, 0.29) is 6.04 Å². The Labute approximate surface area is 169 Å². The summed E-state index contributed by atoms with van der Waals surface area (Å²) >= 11 is 1.78. The molecule has 1 saturated heterocycles. The maximum absolute atomic E-state index is 5.20. The lowest BCUT2D eigenvalue weighted by Gasteiger charge is -2.38. The second-order valence-corrected chi connectivity index (χ2v) is 8.05. The van der Waals surface area contributed by atoms with Crippen LogP contribution in [0.3, 0.4) is 0 Å². The van der Waals surface area contributed by atoms with Gasteiger partial charge in [-0.1, -0.05) is 36.8 Å². The first kappa shape index (κ1) is 19.2. The van der Waals surface area contributed by atoms with Gasteiger partial charge in [0.2, 0.25) is 0 Å². The summed E-state index contributed by atoms with van der Waals surface area (Å²) in [5.74, 6) is 0.951. The van der Waals surface area contributed by atoms with Gasteiger partial charge in [-0.2, -0.15) is 0 Å². The van der Waals surface area contributed by atoms with Gasteiger partial charge in [0.25, 0.3) is 0 Å². The van der Waals surface area contributed by atoms with Crippen LogP contribution in [-0.2, 0) is 11.3 Å². The quantitative estimate of drug-likeness (QED) is 0.574. The van der Waals surface area contributed by atoms with Crippen LogP contribution >= 0.6 is 11.3 Å². The Morgan fingerprint density at radius 3 is 2.75 bits per heavy atom. The number of thiazole rings is 1. The minimum Gasteiger partial charge on any atom is -0.383 e. The van der Waals surface area contributed by atoms with Crippen LogP contribution in [-0.4, -0.2) is 70.0 Å². The second-order valence-electron chi connectivity index (χ2n) is 7.04. The van der Waals surface area contributed by atoms with E-state index in [0.717, 1.165) is 55.5 Å². The number of methoxy groups -OCH3 is 1. The van der Waals surface area contributed by atoms with Crippen molar-refractivity contribution in [1.82, 2.24) is 30.1 Å². The number of hydrogen-bond donors (Lipinski definition) is 0. The molecule has 9 heteroatoms. The Morgan fingerprint density at radius 1 is 1.18 bits per heavy atom. The van der Waals surface area contributed by atoms with Gasteiger partial charge in [-0.25, -0.2) is 9.67 Å². The molecule has 1 aromatic carbocycles. The molecule has 3 aromatic rings. The molecule has 1 atom stereocenters. The van der Waals surface area contributed by atoms with Crippen molar-refractivity contribution in [2.24, 2.45) is 0 Å². The van der Waals surface area contributed by atoms with Crippen LogP contribution < -0.4 is 4.90 Å². The van der Waals surface area contributed by atoms with E-state index < -0.39 is 0 Å². The molecule has 0 unspecified atom stereocenters. The van der Waals surface area contributed by atoms with Gasteiger partial charge < -0.3 is 9.64 Å². The van der Waals surface area contributed by atoms with Crippen LogP contribution in [0, 0.1) is 0 Å². The standard InChI is InChI=1S/C19H27N7OS/c1-3-6-16(18-21-22-23-26(18)13-14-27-2)24-9-11-25(12-10-24)19-20-15-7-4-5-8-17(15)28-19/h4-5,7-8,16H,3,6,9-14H2,1-2H3/t16-/m0/s1. The highest BCUT2D eigenvalue weighted by atomic mass is 32.1. The minimum atomic E-state index is 0.245. The molecular weight excluding hydrogens is 374 g/mol. The molecule has 0 amide bonds. The lowest BCUT2D eigenvalue weighted by atomic mass is 10.1. The van der Waals surface area contributed by atoms with E-state index in [1.807, 2.05) is 10.7 Å². The van der Waals surface area contributed by atoms with E-state index in [2.05, 4.69) is 50.4 Å². The van der Waals surface area contributed by atoms with Gasteiger partial charge >= 0.3 is 0 Å². The monoisotopic (exact) mass is 401 g/mol. The molecule has 0 radical (unpaired) electrons. The molecule has 0 saturated carbocycles. The summed E-state index contributed by atoms with van der Waals surface area (Å²) in [5.41, 5.74) is 1.09.